The van der Waals surface area contributed by atoms with Gasteiger partial charge in [0.05, 0.1) is 11.3 Å². The van der Waals surface area contributed by atoms with Gasteiger partial charge in [0.15, 0.2) is 5.75 Å². The number of ether oxygens (including phenoxy) is 1. The van der Waals surface area contributed by atoms with Crippen molar-refractivity contribution < 1.29 is 19.1 Å². The van der Waals surface area contributed by atoms with Crippen LogP contribution in [-0.4, -0.2) is 24.3 Å². The molecule has 0 aliphatic carbocycles. The van der Waals surface area contributed by atoms with E-state index in [1.165, 1.54) is 6.92 Å². The minimum atomic E-state index is -0.319. The molecule has 1 aliphatic rings. The second kappa shape index (κ2) is 8.31. The largest absolute Gasteiger partial charge is 0.454 e. The monoisotopic (exact) mass is 415 g/mol. The number of para-hydroxylation sites is 1. The second-order valence-corrected chi connectivity index (χ2v) is 7.04. The summed E-state index contributed by atoms with van der Waals surface area (Å²) in [5, 5.41) is 5.50. The highest BCUT2D eigenvalue weighted by atomic mass is 16.5. The van der Waals surface area contributed by atoms with Crippen LogP contribution in [0.1, 0.15) is 34.6 Å². The molecule has 0 saturated carbocycles. The maximum Gasteiger partial charge on any atom is 0.262 e. The average molecular weight is 415 g/mol. The Balaban J connectivity index is 1.60. The lowest BCUT2D eigenvalue weighted by molar-refractivity contribution is -0.114. The number of nitrogens with zero attached hydrogens (tertiary/aromatic N) is 1. The van der Waals surface area contributed by atoms with Crippen molar-refractivity contribution in [2.75, 3.05) is 22.1 Å². The highest BCUT2D eigenvalue weighted by molar-refractivity contribution is 6.11. The van der Waals surface area contributed by atoms with Crippen molar-refractivity contribution in [2.45, 2.75) is 13.8 Å². The Morgan fingerprint density at radius 3 is 2.26 bits per heavy atom. The number of hydrogen-bond acceptors (Lipinski definition) is 4. The number of amides is 3. The fraction of sp³-hybridized carbons (Fsp3) is 0.125. The van der Waals surface area contributed by atoms with Crippen molar-refractivity contribution in [3.8, 4) is 11.5 Å². The molecule has 0 radical (unpaired) electrons. The van der Waals surface area contributed by atoms with Crippen molar-refractivity contribution in [1.29, 1.82) is 0 Å². The lowest BCUT2D eigenvalue weighted by atomic mass is 10.1. The van der Waals surface area contributed by atoms with Crippen LogP contribution >= 0.6 is 0 Å². The maximum absolute atomic E-state index is 13.0. The van der Waals surface area contributed by atoms with Crippen LogP contribution in [0.5, 0.6) is 11.5 Å². The van der Waals surface area contributed by atoms with E-state index < -0.39 is 0 Å². The first-order valence-electron chi connectivity index (χ1n) is 9.88. The molecule has 3 amide bonds. The molecule has 3 aromatic carbocycles. The number of benzene rings is 3. The van der Waals surface area contributed by atoms with Crippen LogP contribution in [0, 0.1) is 0 Å². The highest BCUT2D eigenvalue weighted by Gasteiger charge is 2.27. The van der Waals surface area contributed by atoms with E-state index in [1.54, 1.807) is 65.6 Å². The Labute approximate surface area is 179 Å². The summed E-state index contributed by atoms with van der Waals surface area (Å²) >= 11 is 0. The predicted octanol–water partition coefficient (Wildman–Crippen LogP) is 4.67. The van der Waals surface area contributed by atoms with Crippen molar-refractivity contribution in [3.05, 3.63) is 77.9 Å². The van der Waals surface area contributed by atoms with Crippen LogP contribution in [0.15, 0.2) is 66.7 Å². The maximum atomic E-state index is 13.0. The van der Waals surface area contributed by atoms with Gasteiger partial charge in [-0.15, -0.1) is 0 Å². The summed E-state index contributed by atoms with van der Waals surface area (Å²) in [6, 6.07) is 18.9. The van der Waals surface area contributed by atoms with Gasteiger partial charge in [-0.1, -0.05) is 12.1 Å². The van der Waals surface area contributed by atoms with Gasteiger partial charge < -0.3 is 20.3 Å². The molecule has 156 valence electrons. The summed E-state index contributed by atoms with van der Waals surface area (Å²) in [4.78, 5) is 38.6. The summed E-state index contributed by atoms with van der Waals surface area (Å²) in [5.74, 6) is 0.335. The van der Waals surface area contributed by atoms with Gasteiger partial charge in [-0.2, -0.15) is 0 Å². The molecule has 1 aliphatic heterocycles. The smallest absolute Gasteiger partial charge is 0.262 e. The van der Waals surface area contributed by atoms with Crippen LogP contribution in [0.2, 0.25) is 0 Å². The summed E-state index contributed by atoms with van der Waals surface area (Å²) < 4.78 is 5.97. The third-order valence-electron chi connectivity index (χ3n) is 4.87. The van der Waals surface area contributed by atoms with Crippen LogP contribution in [0.4, 0.5) is 17.1 Å². The zero-order chi connectivity index (χ0) is 22.0. The van der Waals surface area contributed by atoms with Crippen LogP contribution in [0.25, 0.3) is 0 Å². The van der Waals surface area contributed by atoms with Crippen LogP contribution in [0.3, 0.4) is 0 Å². The molecule has 0 spiro atoms. The number of anilines is 3. The first-order valence-corrected chi connectivity index (χ1v) is 9.88. The number of carbonyl (C=O) groups is 3. The first-order chi connectivity index (χ1) is 15.0. The quantitative estimate of drug-likeness (QED) is 0.648. The van der Waals surface area contributed by atoms with Gasteiger partial charge in [-0.3, -0.25) is 14.4 Å². The van der Waals surface area contributed by atoms with Gasteiger partial charge in [0.2, 0.25) is 5.91 Å². The lowest BCUT2D eigenvalue weighted by Crippen LogP contribution is -2.30. The van der Waals surface area contributed by atoms with E-state index in [1.807, 2.05) is 13.0 Å². The molecule has 0 saturated heterocycles. The van der Waals surface area contributed by atoms with Crippen molar-refractivity contribution in [2.24, 2.45) is 0 Å². The number of nitrogens with one attached hydrogen (secondary N) is 2. The molecule has 0 unspecified atom stereocenters. The van der Waals surface area contributed by atoms with Crippen molar-refractivity contribution in [1.82, 2.24) is 0 Å². The topological polar surface area (TPSA) is 87.7 Å². The Hall–Kier alpha value is -4.13. The minimum Gasteiger partial charge on any atom is -0.454 e. The molecule has 7 heteroatoms. The van der Waals surface area contributed by atoms with Crippen LogP contribution in [-0.2, 0) is 4.79 Å². The van der Waals surface area contributed by atoms with E-state index in [0.717, 1.165) is 0 Å². The van der Waals surface area contributed by atoms with Crippen molar-refractivity contribution in [3.63, 3.8) is 0 Å². The molecule has 0 aromatic heterocycles. The number of carbonyl (C=O) groups excluding carboxylic acids is 3. The van der Waals surface area contributed by atoms with Crippen LogP contribution < -0.4 is 20.3 Å². The second-order valence-electron chi connectivity index (χ2n) is 7.04. The van der Waals surface area contributed by atoms with E-state index in [0.29, 0.717) is 46.2 Å². The number of rotatable bonds is 4. The Bertz CT molecular complexity index is 1170. The molecular weight excluding hydrogens is 394 g/mol. The Morgan fingerprint density at radius 2 is 1.58 bits per heavy atom. The molecule has 1 heterocycles. The summed E-state index contributed by atoms with van der Waals surface area (Å²) in [7, 11) is 0. The van der Waals surface area contributed by atoms with Gasteiger partial charge >= 0.3 is 0 Å². The molecule has 31 heavy (non-hydrogen) atoms. The minimum absolute atomic E-state index is 0.166. The Kier molecular flexibility index (Phi) is 5.41. The van der Waals surface area contributed by atoms with E-state index >= 15 is 0 Å². The van der Waals surface area contributed by atoms with E-state index in [2.05, 4.69) is 10.6 Å². The number of fused-ring (bicyclic) bond motifs is 2. The highest BCUT2D eigenvalue weighted by Crippen LogP contribution is 2.39. The summed E-state index contributed by atoms with van der Waals surface area (Å²) in [5.41, 5.74) is 2.64. The molecular formula is C24H21N3O4. The average Bonchev–Trinajstić information content (AvgIpc) is 2.88. The zero-order valence-corrected chi connectivity index (χ0v) is 17.1. The SMILES string of the molecule is CCN1C(=O)c2ccccc2Oc2ccc(C(=O)Nc3ccc(NC(C)=O)cc3)cc21. The number of hydrogen-bond donors (Lipinski definition) is 2. The standard InChI is InChI=1S/C24H21N3O4/c1-3-27-20-14-16(23(29)26-18-11-9-17(10-12-18)25-15(2)28)8-13-22(20)31-21-7-5-4-6-19(21)24(27)30/h4-14H,3H2,1-2H3,(H,25,28)(H,26,29). The summed E-state index contributed by atoms with van der Waals surface area (Å²) in [6.45, 7) is 3.73. The molecule has 2 N–H and O–H groups in total. The van der Waals surface area contributed by atoms with Gasteiger partial charge in [0, 0.05) is 30.4 Å². The van der Waals surface area contributed by atoms with Gasteiger partial charge in [0.25, 0.3) is 11.8 Å². The fourth-order valence-electron chi connectivity index (χ4n) is 3.42. The molecule has 3 aromatic rings. The third kappa shape index (κ3) is 4.11. The molecule has 7 nitrogen and oxygen atoms in total. The van der Waals surface area contributed by atoms with E-state index in [9.17, 15) is 14.4 Å². The lowest BCUT2D eigenvalue weighted by Gasteiger charge is -2.20. The zero-order valence-electron chi connectivity index (χ0n) is 17.1. The Morgan fingerprint density at radius 1 is 0.903 bits per heavy atom. The van der Waals surface area contributed by atoms with Gasteiger partial charge in [-0.05, 0) is 61.5 Å². The fourth-order valence-corrected chi connectivity index (χ4v) is 3.42. The van der Waals surface area contributed by atoms with E-state index in [-0.39, 0.29) is 17.7 Å². The first kappa shape index (κ1) is 20.2. The van der Waals surface area contributed by atoms with Crippen molar-refractivity contribution >= 4 is 34.8 Å². The summed E-state index contributed by atoms with van der Waals surface area (Å²) in [6.07, 6.45) is 0. The molecule has 0 fully saturated rings. The predicted molar refractivity (Wildman–Crippen MR) is 119 cm³/mol. The van der Waals surface area contributed by atoms with Gasteiger partial charge in [0.1, 0.15) is 5.75 Å². The van der Waals surface area contributed by atoms with E-state index in [4.69, 9.17) is 4.74 Å². The molecule has 4 rings (SSSR count). The molecule has 0 atom stereocenters. The van der Waals surface area contributed by atoms with Gasteiger partial charge in [-0.25, -0.2) is 0 Å². The third-order valence-corrected chi connectivity index (χ3v) is 4.87. The normalized spacial score (nSPS) is 12.2. The molecule has 0 bridgehead atoms.